The molecule has 0 bridgehead atoms. The molecular weight excluding hydrogens is 236 g/mol. The van der Waals surface area contributed by atoms with E-state index >= 15 is 0 Å². The van der Waals surface area contributed by atoms with Crippen molar-refractivity contribution in [1.29, 1.82) is 0 Å². The lowest BCUT2D eigenvalue weighted by Crippen LogP contribution is -2.26. The number of nitrogens with two attached hydrogens (primary N) is 1. The van der Waals surface area contributed by atoms with Crippen molar-refractivity contribution in [3.8, 4) is 5.75 Å². The van der Waals surface area contributed by atoms with E-state index in [2.05, 4.69) is 11.8 Å². The van der Waals surface area contributed by atoms with Crippen LogP contribution >= 0.6 is 0 Å². The van der Waals surface area contributed by atoms with E-state index in [1.54, 1.807) is 0 Å². The lowest BCUT2D eigenvalue weighted by atomic mass is 10.2. The highest BCUT2D eigenvalue weighted by atomic mass is 16.5. The zero-order chi connectivity index (χ0) is 13.5. The van der Waals surface area contributed by atoms with Crippen LogP contribution in [0, 0.1) is 6.92 Å². The summed E-state index contributed by atoms with van der Waals surface area (Å²) in [7, 11) is 0. The summed E-state index contributed by atoms with van der Waals surface area (Å²) in [5.41, 5.74) is 7.83. The van der Waals surface area contributed by atoms with Crippen molar-refractivity contribution in [1.82, 2.24) is 4.90 Å². The van der Waals surface area contributed by atoms with Crippen LogP contribution in [0.2, 0.25) is 0 Å². The first-order chi connectivity index (χ1) is 9.25. The summed E-state index contributed by atoms with van der Waals surface area (Å²) in [4.78, 5) is 2.57. The summed E-state index contributed by atoms with van der Waals surface area (Å²) in [6.07, 6.45) is 6.57. The maximum atomic E-state index is 5.90. The summed E-state index contributed by atoms with van der Waals surface area (Å²) < 4.78 is 5.79. The molecular formula is C16H26N2O. The predicted octanol–water partition coefficient (Wildman–Crippen LogP) is 3.22. The molecule has 0 aromatic heterocycles. The smallest absolute Gasteiger partial charge is 0.142 e. The second-order valence-corrected chi connectivity index (χ2v) is 5.50. The third kappa shape index (κ3) is 4.75. The quantitative estimate of drug-likeness (QED) is 0.654. The molecule has 0 radical (unpaired) electrons. The van der Waals surface area contributed by atoms with E-state index in [0.717, 1.165) is 31.0 Å². The number of likely N-dealkylation sites (tertiary alicyclic amines) is 1. The van der Waals surface area contributed by atoms with E-state index in [4.69, 9.17) is 10.5 Å². The van der Waals surface area contributed by atoms with Gasteiger partial charge < -0.3 is 15.4 Å². The summed E-state index contributed by atoms with van der Waals surface area (Å²) in [6.45, 7) is 6.47. The van der Waals surface area contributed by atoms with Gasteiger partial charge in [-0.2, -0.15) is 0 Å². The van der Waals surface area contributed by atoms with E-state index in [1.807, 2.05) is 18.2 Å². The molecule has 0 unspecified atom stereocenters. The Hall–Kier alpha value is -1.22. The minimum absolute atomic E-state index is 0.736. The Bertz CT molecular complexity index is 384. The Kier molecular flexibility index (Phi) is 5.52. The Morgan fingerprint density at radius 2 is 1.89 bits per heavy atom. The summed E-state index contributed by atoms with van der Waals surface area (Å²) >= 11 is 0. The second kappa shape index (κ2) is 7.39. The van der Waals surface area contributed by atoms with Gasteiger partial charge in [-0.1, -0.05) is 18.9 Å². The zero-order valence-corrected chi connectivity index (χ0v) is 12.0. The molecule has 1 aromatic carbocycles. The monoisotopic (exact) mass is 262 g/mol. The van der Waals surface area contributed by atoms with Crippen LogP contribution in [0.5, 0.6) is 5.75 Å². The first kappa shape index (κ1) is 14.2. The van der Waals surface area contributed by atoms with Crippen LogP contribution in [0.25, 0.3) is 0 Å². The molecule has 1 heterocycles. The normalized spacial score (nSPS) is 17.1. The lowest BCUT2D eigenvalue weighted by Gasteiger charge is -2.19. The van der Waals surface area contributed by atoms with Gasteiger partial charge in [-0.05, 0) is 57.0 Å². The average molecular weight is 262 g/mol. The SMILES string of the molecule is Cc1ccc(N)c(OCCCN2CCCCCC2)c1. The van der Waals surface area contributed by atoms with Crippen molar-refractivity contribution in [2.24, 2.45) is 0 Å². The van der Waals surface area contributed by atoms with Crippen molar-refractivity contribution >= 4 is 5.69 Å². The average Bonchev–Trinajstić information content (AvgIpc) is 2.67. The Morgan fingerprint density at radius 3 is 2.63 bits per heavy atom. The van der Waals surface area contributed by atoms with E-state index in [9.17, 15) is 0 Å². The van der Waals surface area contributed by atoms with Crippen LogP contribution in [0.4, 0.5) is 5.69 Å². The minimum Gasteiger partial charge on any atom is -0.491 e. The molecule has 2 rings (SSSR count). The predicted molar refractivity (Wildman–Crippen MR) is 80.6 cm³/mol. The molecule has 3 heteroatoms. The number of ether oxygens (including phenoxy) is 1. The fourth-order valence-electron chi connectivity index (χ4n) is 2.60. The molecule has 19 heavy (non-hydrogen) atoms. The third-order valence-electron chi connectivity index (χ3n) is 3.74. The molecule has 1 saturated heterocycles. The zero-order valence-electron chi connectivity index (χ0n) is 12.0. The number of anilines is 1. The maximum Gasteiger partial charge on any atom is 0.142 e. The van der Waals surface area contributed by atoms with E-state index < -0.39 is 0 Å². The molecule has 1 aliphatic rings. The molecule has 106 valence electrons. The van der Waals surface area contributed by atoms with Gasteiger partial charge in [0.15, 0.2) is 0 Å². The van der Waals surface area contributed by atoms with Gasteiger partial charge in [0.05, 0.1) is 12.3 Å². The van der Waals surface area contributed by atoms with Crippen LogP contribution in [0.15, 0.2) is 18.2 Å². The first-order valence-electron chi connectivity index (χ1n) is 7.47. The van der Waals surface area contributed by atoms with E-state index in [-0.39, 0.29) is 0 Å². The molecule has 0 saturated carbocycles. The lowest BCUT2D eigenvalue weighted by molar-refractivity contribution is 0.240. The maximum absolute atomic E-state index is 5.90. The van der Waals surface area contributed by atoms with Gasteiger partial charge in [0, 0.05) is 6.54 Å². The Morgan fingerprint density at radius 1 is 1.16 bits per heavy atom. The molecule has 0 amide bonds. The molecule has 3 nitrogen and oxygen atoms in total. The second-order valence-electron chi connectivity index (χ2n) is 5.50. The highest BCUT2D eigenvalue weighted by Crippen LogP contribution is 2.22. The fourth-order valence-corrected chi connectivity index (χ4v) is 2.60. The van der Waals surface area contributed by atoms with Crippen LogP contribution in [0.3, 0.4) is 0 Å². The molecule has 0 atom stereocenters. The molecule has 0 aliphatic carbocycles. The summed E-state index contributed by atoms with van der Waals surface area (Å²) in [5, 5.41) is 0. The number of aryl methyl sites for hydroxylation is 1. The Balaban J connectivity index is 1.69. The summed E-state index contributed by atoms with van der Waals surface area (Å²) in [6, 6.07) is 5.94. The van der Waals surface area contributed by atoms with Gasteiger partial charge in [0.2, 0.25) is 0 Å². The molecule has 1 fully saturated rings. The standard InChI is InChI=1S/C16H26N2O/c1-14-7-8-15(17)16(13-14)19-12-6-11-18-9-4-2-3-5-10-18/h7-8,13H,2-6,9-12,17H2,1H3. The number of rotatable bonds is 5. The van der Waals surface area contributed by atoms with Crippen molar-refractivity contribution < 1.29 is 4.74 Å². The van der Waals surface area contributed by atoms with Gasteiger partial charge in [-0.25, -0.2) is 0 Å². The van der Waals surface area contributed by atoms with E-state index in [0.29, 0.717) is 0 Å². The van der Waals surface area contributed by atoms with Crippen molar-refractivity contribution in [2.45, 2.75) is 39.0 Å². The van der Waals surface area contributed by atoms with Crippen LogP contribution in [0.1, 0.15) is 37.7 Å². The van der Waals surface area contributed by atoms with Gasteiger partial charge in [0.25, 0.3) is 0 Å². The van der Waals surface area contributed by atoms with E-state index in [1.165, 1.54) is 44.3 Å². The van der Waals surface area contributed by atoms with Crippen molar-refractivity contribution in [2.75, 3.05) is 32.0 Å². The number of hydrogen-bond donors (Lipinski definition) is 1. The molecule has 1 aromatic rings. The summed E-state index contributed by atoms with van der Waals surface area (Å²) in [5.74, 6) is 0.830. The van der Waals surface area contributed by atoms with Crippen molar-refractivity contribution in [3.05, 3.63) is 23.8 Å². The van der Waals surface area contributed by atoms with Gasteiger partial charge >= 0.3 is 0 Å². The number of hydrogen-bond acceptors (Lipinski definition) is 3. The minimum atomic E-state index is 0.736. The van der Waals surface area contributed by atoms with Crippen LogP contribution in [-0.4, -0.2) is 31.1 Å². The Labute approximate surface area is 116 Å². The van der Waals surface area contributed by atoms with Crippen LogP contribution < -0.4 is 10.5 Å². The van der Waals surface area contributed by atoms with Gasteiger partial charge in [-0.15, -0.1) is 0 Å². The highest BCUT2D eigenvalue weighted by Gasteiger charge is 2.08. The van der Waals surface area contributed by atoms with Gasteiger partial charge in [-0.3, -0.25) is 0 Å². The number of nitrogen functional groups attached to an aromatic ring is 1. The van der Waals surface area contributed by atoms with Crippen LogP contribution in [-0.2, 0) is 0 Å². The number of benzene rings is 1. The van der Waals surface area contributed by atoms with Gasteiger partial charge in [0.1, 0.15) is 5.75 Å². The highest BCUT2D eigenvalue weighted by molar-refractivity contribution is 5.53. The molecule has 1 aliphatic heterocycles. The van der Waals surface area contributed by atoms with Crippen molar-refractivity contribution in [3.63, 3.8) is 0 Å². The topological polar surface area (TPSA) is 38.5 Å². The number of nitrogens with zero attached hydrogens (tertiary/aromatic N) is 1. The largest absolute Gasteiger partial charge is 0.491 e. The molecule has 2 N–H and O–H groups in total. The molecule has 0 spiro atoms. The first-order valence-corrected chi connectivity index (χ1v) is 7.47. The fraction of sp³-hybridized carbons (Fsp3) is 0.625. The third-order valence-corrected chi connectivity index (χ3v) is 3.74.